The van der Waals surface area contributed by atoms with Gasteiger partial charge < -0.3 is 24.6 Å². The zero-order valence-corrected chi connectivity index (χ0v) is 9.85. The van der Waals surface area contributed by atoms with Crippen molar-refractivity contribution in [2.24, 2.45) is 0 Å². The number of hydrogen-bond acceptors (Lipinski definition) is 5. The minimum absolute atomic E-state index is 0.319. The fourth-order valence-electron chi connectivity index (χ4n) is 1.58. The van der Waals surface area contributed by atoms with Crippen molar-refractivity contribution >= 4 is 22.6 Å². The van der Waals surface area contributed by atoms with E-state index in [0.717, 1.165) is 3.70 Å². The quantitative estimate of drug-likeness (QED) is 0.613. The molecular formula is C8H11IN2O4. The molecule has 0 amide bonds. The zero-order valence-electron chi connectivity index (χ0n) is 7.69. The van der Waals surface area contributed by atoms with E-state index in [2.05, 4.69) is 4.98 Å². The molecule has 7 heteroatoms. The number of aromatic nitrogens is 2. The number of aliphatic hydroxyl groups is 3. The number of rotatable bonds is 2. The summed E-state index contributed by atoms with van der Waals surface area (Å²) in [4.78, 5) is 3.99. The number of nitrogens with zero attached hydrogens (tertiary/aromatic N) is 2. The van der Waals surface area contributed by atoms with Crippen molar-refractivity contribution in [1.29, 1.82) is 0 Å². The first kappa shape index (κ1) is 11.3. The van der Waals surface area contributed by atoms with Gasteiger partial charge in [-0.25, -0.2) is 4.98 Å². The van der Waals surface area contributed by atoms with E-state index in [1.165, 1.54) is 6.33 Å². The molecule has 6 nitrogen and oxygen atoms in total. The molecular weight excluding hydrogens is 315 g/mol. The van der Waals surface area contributed by atoms with Gasteiger partial charge in [0, 0.05) is 6.20 Å². The van der Waals surface area contributed by atoms with E-state index in [9.17, 15) is 10.2 Å². The van der Waals surface area contributed by atoms with Gasteiger partial charge in [0.05, 0.1) is 12.9 Å². The molecule has 1 fully saturated rings. The molecule has 4 atom stereocenters. The van der Waals surface area contributed by atoms with Crippen molar-refractivity contribution in [2.75, 3.05) is 6.61 Å². The molecule has 15 heavy (non-hydrogen) atoms. The minimum Gasteiger partial charge on any atom is -0.394 e. The monoisotopic (exact) mass is 326 g/mol. The van der Waals surface area contributed by atoms with E-state index < -0.39 is 24.5 Å². The van der Waals surface area contributed by atoms with Crippen LogP contribution in [-0.4, -0.2) is 49.8 Å². The van der Waals surface area contributed by atoms with Crippen LogP contribution in [0, 0.1) is 3.70 Å². The molecule has 2 rings (SSSR count). The van der Waals surface area contributed by atoms with Gasteiger partial charge in [0.1, 0.15) is 22.0 Å². The van der Waals surface area contributed by atoms with Crippen LogP contribution in [0.4, 0.5) is 0 Å². The molecule has 1 aliphatic heterocycles. The highest BCUT2D eigenvalue weighted by molar-refractivity contribution is 14.1. The number of ether oxygens (including phenoxy) is 1. The molecule has 1 saturated heterocycles. The Bertz CT molecular complexity index is 345. The normalized spacial score (nSPS) is 36.0. The van der Waals surface area contributed by atoms with Crippen LogP contribution in [-0.2, 0) is 4.74 Å². The Balaban J connectivity index is 2.18. The summed E-state index contributed by atoms with van der Waals surface area (Å²) >= 11 is 2.03. The van der Waals surface area contributed by atoms with E-state index in [0.29, 0.717) is 0 Å². The molecule has 1 aromatic heterocycles. The van der Waals surface area contributed by atoms with Gasteiger partial charge in [0.15, 0.2) is 6.23 Å². The summed E-state index contributed by atoms with van der Waals surface area (Å²) in [7, 11) is 0. The molecule has 1 aliphatic rings. The highest BCUT2D eigenvalue weighted by Gasteiger charge is 2.43. The zero-order chi connectivity index (χ0) is 11.0. The lowest BCUT2D eigenvalue weighted by atomic mass is 10.1. The number of halogens is 1. The van der Waals surface area contributed by atoms with Gasteiger partial charge in [-0.05, 0) is 22.6 Å². The summed E-state index contributed by atoms with van der Waals surface area (Å²) in [5.41, 5.74) is 0. The van der Waals surface area contributed by atoms with Crippen LogP contribution < -0.4 is 0 Å². The first-order chi connectivity index (χ1) is 7.13. The van der Waals surface area contributed by atoms with Crippen molar-refractivity contribution in [1.82, 2.24) is 9.55 Å². The van der Waals surface area contributed by atoms with E-state index in [1.807, 2.05) is 22.6 Å². The molecule has 0 spiro atoms. The largest absolute Gasteiger partial charge is 0.394 e. The number of imidazole rings is 1. The van der Waals surface area contributed by atoms with Crippen LogP contribution in [0.3, 0.4) is 0 Å². The standard InChI is InChI=1S/C8H11IN2O4/c9-5-1-11(3-10-5)8-7(14)6(13)4(2-12)15-8/h1,3-4,6-8,12-14H,2H2/t4-,6?,7+,8-/m1/s1. The van der Waals surface area contributed by atoms with E-state index >= 15 is 0 Å². The average Bonchev–Trinajstić information content (AvgIpc) is 2.74. The van der Waals surface area contributed by atoms with Crippen molar-refractivity contribution in [3.05, 3.63) is 16.2 Å². The maximum absolute atomic E-state index is 9.68. The Morgan fingerprint density at radius 2 is 2.20 bits per heavy atom. The van der Waals surface area contributed by atoms with E-state index in [-0.39, 0.29) is 6.61 Å². The van der Waals surface area contributed by atoms with Gasteiger partial charge >= 0.3 is 0 Å². The third-order valence-corrected chi connectivity index (χ3v) is 2.94. The Labute approximate surface area is 99.6 Å². The molecule has 0 bridgehead atoms. The lowest BCUT2D eigenvalue weighted by Crippen LogP contribution is -2.33. The van der Waals surface area contributed by atoms with Crippen molar-refractivity contribution in [3.8, 4) is 0 Å². The molecule has 84 valence electrons. The van der Waals surface area contributed by atoms with Gasteiger partial charge in [-0.15, -0.1) is 0 Å². The molecule has 0 aromatic carbocycles. The van der Waals surface area contributed by atoms with E-state index in [4.69, 9.17) is 9.84 Å². The maximum Gasteiger partial charge on any atom is 0.164 e. The SMILES string of the molecule is OC[C@H]1O[C@@H](n2cnc(I)c2)[C@@H](O)C1O. The third-order valence-electron chi connectivity index (χ3n) is 2.38. The van der Waals surface area contributed by atoms with E-state index in [1.54, 1.807) is 10.8 Å². The van der Waals surface area contributed by atoms with Gasteiger partial charge in [-0.2, -0.15) is 0 Å². The summed E-state index contributed by atoms with van der Waals surface area (Å²) in [6.07, 6.45) is -0.339. The molecule has 0 saturated carbocycles. The fraction of sp³-hybridized carbons (Fsp3) is 0.625. The first-order valence-corrected chi connectivity index (χ1v) is 5.53. The molecule has 0 radical (unpaired) electrons. The second kappa shape index (κ2) is 4.34. The Morgan fingerprint density at radius 3 is 2.67 bits per heavy atom. The Morgan fingerprint density at radius 1 is 1.47 bits per heavy atom. The molecule has 1 aromatic rings. The third kappa shape index (κ3) is 2.02. The van der Waals surface area contributed by atoms with Crippen molar-refractivity contribution < 1.29 is 20.1 Å². The molecule has 1 unspecified atom stereocenters. The average molecular weight is 326 g/mol. The van der Waals surface area contributed by atoms with Crippen LogP contribution in [0.2, 0.25) is 0 Å². The fourth-order valence-corrected chi connectivity index (χ4v) is 2.02. The van der Waals surface area contributed by atoms with Gasteiger partial charge in [0.25, 0.3) is 0 Å². The lowest BCUT2D eigenvalue weighted by molar-refractivity contribution is -0.0528. The molecule has 0 aliphatic carbocycles. The van der Waals surface area contributed by atoms with Gasteiger partial charge in [0.2, 0.25) is 0 Å². The van der Waals surface area contributed by atoms with Crippen LogP contribution >= 0.6 is 22.6 Å². The predicted molar refractivity (Wildman–Crippen MR) is 58.0 cm³/mol. The summed E-state index contributed by atoms with van der Waals surface area (Å²) in [5, 5.41) is 28.1. The summed E-state index contributed by atoms with van der Waals surface area (Å²) < 4.78 is 7.65. The smallest absolute Gasteiger partial charge is 0.164 e. The van der Waals surface area contributed by atoms with Crippen LogP contribution in [0.25, 0.3) is 0 Å². The molecule has 3 N–H and O–H groups in total. The number of aliphatic hydroxyl groups excluding tert-OH is 3. The summed E-state index contributed by atoms with van der Waals surface area (Å²) in [6.45, 7) is -0.319. The highest BCUT2D eigenvalue weighted by atomic mass is 127. The topological polar surface area (TPSA) is 87.7 Å². The predicted octanol–water partition coefficient (Wildman–Crippen LogP) is -0.901. The number of hydrogen-bond donors (Lipinski definition) is 3. The second-order valence-electron chi connectivity index (χ2n) is 3.37. The summed E-state index contributed by atoms with van der Waals surface area (Å²) in [6, 6.07) is 0. The highest BCUT2D eigenvalue weighted by Crippen LogP contribution is 2.29. The Kier molecular flexibility index (Phi) is 3.26. The van der Waals surface area contributed by atoms with Crippen LogP contribution in [0.15, 0.2) is 12.5 Å². The first-order valence-electron chi connectivity index (χ1n) is 4.45. The van der Waals surface area contributed by atoms with Crippen LogP contribution in [0.1, 0.15) is 6.23 Å². The maximum atomic E-state index is 9.68. The molecule has 2 heterocycles. The lowest BCUT2D eigenvalue weighted by Gasteiger charge is -2.15. The van der Waals surface area contributed by atoms with Crippen LogP contribution in [0.5, 0.6) is 0 Å². The van der Waals surface area contributed by atoms with Crippen molar-refractivity contribution in [3.63, 3.8) is 0 Å². The van der Waals surface area contributed by atoms with Crippen molar-refractivity contribution in [2.45, 2.75) is 24.5 Å². The minimum atomic E-state index is -1.07. The van der Waals surface area contributed by atoms with Gasteiger partial charge in [-0.1, -0.05) is 0 Å². The second-order valence-corrected chi connectivity index (χ2v) is 4.48. The Hall–Kier alpha value is -0.220. The summed E-state index contributed by atoms with van der Waals surface area (Å²) in [5.74, 6) is 0. The van der Waals surface area contributed by atoms with Gasteiger partial charge in [-0.3, -0.25) is 0 Å².